The van der Waals surface area contributed by atoms with E-state index in [0.29, 0.717) is 16.7 Å². The first-order valence-electron chi connectivity index (χ1n) is 13.4. The number of phosphoric ester groups is 1. The van der Waals surface area contributed by atoms with Gasteiger partial charge in [0.25, 0.3) is 0 Å². The summed E-state index contributed by atoms with van der Waals surface area (Å²) in [5.74, 6) is -1.24. The maximum Gasteiger partial charge on any atom is 0.647 e. The molecule has 230 valence electrons. The Labute approximate surface area is 256 Å². The zero-order chi connectivity index (χ0) is 32.3. The molecular formula is C33H33O10P. The van der Waals surface area contributed by atoms with Gasteiger partial charge in [0.15, 0.2) is 0 Å². The smallest absolute Gasteiger partial charge is 0.455 e. The van der Waals surface area contributed by atoms with E-state index in [0.717, 1.165) is 18.2 Å². The second-order valence-corrected chi connectivity index (χ2v) is 10.7. The summed E-state index contributed by atoms with van der Waals surface area (Å²) in [5.41, 5.74) is 1.98. The lowest BCUT2D eigenvalue weighted by Crippen LogP contribution is -2.09. The Bertz CT molecular complexity index is 1340. The zero-order valence-corrected chi connectivity index (χ0v) is 25.4. The van der Waals surface area contributed by atoms with Crippen LogP contribution in [0.4, 0.5) is 0 Å². The fourth-order valence-electron chi connectivity index (χ4n) is 3.71. The number of ether oxygens (including phenoxy) is 3. The molecule has 0 N–H and O–H groups in total. The van der Waals surface area contributed by atoms with E-state index in [9.17, 15) is 18.9 Å². The van der Waals surface area contributed by atoms with Crippen LogP contribution in [0, 0.1) is 0 Å². The van der Waals surface area contributed by atoms with Crippen molar-refractivity contribution in [2.45, 2.75) is 39.1 Å². The lowest BCUT2D eigenvalue weighted by atomic mass is 10.1. The molecule has 3 atom stereocenters. The van der Waals surface area contributed by atoms with Crippen LogP contribution in [0.1, 0.15) is 55.8 Å². The third kappa shape index (κ3) is 9.74. The van der Waals surface area contributed by atoms with Gasteiger partial charge in [-0.2, -0.15) is 4.57 Å². The Morgan fingerprint density at radius 2 is 0.750 bits per heavy atom. The predicted molar refractivity (Wildman–Crippen MR) is 163 cm³/mol. The van der Waals surface area contributed by atoms with Crippen molar-refractivity contribution in [3.05, 3.63) is 127 Å². The number of carbonyl (C=O) groups excluding carboxylic acids is 3. The van der Waals surface area contributed by atoms with Crippen molar-refractivity contribution in [3.63, 3.8) is 0 Å². The van der Waals surface area contributed by atoms with Gasteiger partial charge >= 0.3 is 25.7 Å². The van der Waals surface area contributed by atoms with E-state index >= 15 is 0 Å². The van der Waals surface area contributed by atoms with Crippen molar-refractivity contribution >= 4 is 25.7 Å². The average Bonchev–Trinajstić information content (AvgIpc) is 3.01. The van der Waals surface area contributed by atoms with E-state index in [1.165, 1.54) is 36.4 Å². The lowest BCUT2D eigenvalue weighted by Gasteiger charge is -2.21. The largest absolute Gasteiger partial charge is 0.647 e. The van der Waals surface area contributed by atoms with Crippen LogP contribution in [0.25, 0.3) is 0 Å². The Balaban J connectivity index is 1.84. The van der Waals surface area contributed by atoms with Crippen molar-refractivity contribution in [2.75, 3.05) is 0 Å². The van der Waals surface area contributed by atoms with Gasteiger partial charge in [-0.15, -0.1) is 0 Å². The fraction of sp³-hybridized carbons (Fsp3) is 0.182. The third-order valence-electron chi connectivity index (χ3n) is 6.08. The fourth-order valence-corrected chi connectivity index (χ4v) is 4.97. The number of rotatable bonds is 15. The summed E-state index contributed by atoms with van der Waals surface area (Å²) in [7, 11) is -4.38. The third-order valence-corrected chi connectivity index (χ3v) is 7.38. The quantitative estimate of drug-likeness (QED) is 0.0722. The molecule has 0 fully saturated rings. The zero-order valence-electron chi connectivity index (χ0n) is 24.5. The summed E-state index contributed by atoms with van der Waals surface area (Å²) < 4.78 is 47.0. The van der Waals surface area contributed by atoms with Crippen LogP contribution >= 0.6 is 7.82 Å². The van der Waals surface area contributed by atoms with E-state index in [4.69, 9.17) is 27.8 Å². The summed E-state index contributed by atoms with van der Waals surface area (Å²) in [5, 5.41) is 0. The maximum atomic E-state index is 14.0. The average molecular weight is 621 g/mol. The molecule has 0 amide bonds. The minimum absolute atomic E-state index is 0.155. The molecule has 0 heterocycles. The van der Waals surface area contributed by atoms with Gasteiger partial charge in [0.1, 0.15) is 35.6 Å². The molecule has 3 unspecified atom stereocenters. The van der Waals surface area contributed by atoms with Crippen molar-refractivity contribution < 1.29 is 46.7 Å². The summed E-state index contributed by atoms with van der Waals surface area (Å²) in [6.07, 6.45) is 1.52. The van der Waals surface area contributed by atoms with Crippen LogP contribution in [0.15, 0.2) is 111 Å². The second-order valence-electron chi connectivity index (χ2n) is 9.28. The normalized spacial score (nSPS) is 13.9. The minimum atomic E-state index is -4.38. The molecule has 0 bridgehead atoms. The molecule has 3 rings (SSSR count). The summed E-state index contributed by atoms with van der Waals surface area (Å²) in [6.45, 7) is 15.2. The van der Waals surface area contributed by atoms with Crippen molar-refractivity contribution in [2.24, 2.45) is 0 Å². The number of benzene rings is 3. The van der Waals surface area contributed by atoms with Crippen molar-refractivity contribution in [1.82, 2.24) is 0 Å². The number of phosphoric acid groups is 1. The van der Waals surface area contributed by atoms with E-state index in [1.54, 1.807) is 57.2 Å². The van der Waals surface area contributed by atoms with E-state index in [1.807, 2.05) is 0 Å². The maximum absolute atomic E-state index is 14.0. The Kier molecular flexibility index (Phi) is 11.7. The Morgan fingerprint density at radius 1 is 0.523 bits per heavy atom. The molecule has 0 saturated heterocycles. The number of esters is 3. The van der Waals surface area contributed by atoms with Gasteiger partial charge in [0.2, 0.25) is 0 Å². The number of hydrogen-bond donors (Lipinski definition) is 0. The molecule has 0 spiro atoms. The predicted octanol–water partition coefficient (Wildman–Crippen LogP) is 7.70. The molecule has 3 aromatic rings. The molecule has 0 aliphatic rings. The van der Waals surface area contributed by atoms with Gasteiger partial charge in [-0.05, 0) is 73.9 Å². The molecule has 44 heavy (non-hydrogen) atoms. The van der Waals surface area contributed by atoms with E-state index in [-0.39, 0.29) is 17.2 Å². The van der Waals surface area contributed by atoms with Gasteiger partial charge in [-0.1, -0.05) is 56.1 Å². The first-order valence-corrected chi connectivity index (χ1v) is 14.9. The standard InChI is InChI=1S/C33H33O10P/c1-7-31(34)38-22(4)25-10-16-28(17-11-25)41-44(37,42-29-18-12-26(13-19-29)23(5)39-32(35)8-2)43-30-20-14-27(15-21-30)24(6)40-33(36)9-3/h7-24H,1-3H2,4-6H3. The highest BCUT2D eigenvalue weighted by Gasteiger charge is 2.33. The molecular weight excluding hydrogens is 587 g/mol. The number of hydrogen-bond acceptors (Lipinski definition) is 10. The van der Waals surface area contributed by atoms with Gasteiger partial charge in [-0.25, -0.2) is 14.4 Å². The first-order chi connectivity index (χ1) is 20.9. The van der Waals surface area contributed by atoms with Crippen molar-refractivity contribution in [1.29, 1.82) is 0 Å². The topological polar surface area (TPSA) is 124 Å². The van der Waals surface area contributed by atoms with E-state index < -0.39 is 44.0 Å². The highest BCUT2D eigenvalue weighted by molar-refractivity contribution is 7.49. The van der Waals surface area contributed by atoms with Crippen LogP contribution < -0.4 is 13.6 Å². The van der Waals surface area contributed by atoms with Crippen LogP contribution in [0.3, 0.4) is 0 Å². The van der Waals surface area contributed by atoms with Gasteiger partial charge in [-0.3, -0.25) is 0 Å². The highest BCUT2D eigenvalue weighted by Crippen LogP contribution is 2.50. The second kappa shape index (κ2) is 15.4. The highest BCUT2D eigenvalue weighted by atomic mass is 31.2. The SMILES string of the molecule is C=CC(=O)OC(C)c1ccc(OP(=O)(Oc2ccc(C(C)OC(=O)C=C)cc2)Oc2ccc(C(C)OC(=O)C=C)cc2)cc1. The molecule has 3 aromatic carbocycles. The monoisotopic (exact) mass is 620 g/mol. The molecule has 0 aromatic heterocycles. The van der Waals surface area contributed by atoms with Gasteiger partial charge < -0.3 is 27.8 Å². The summed E-state index contributed by atoms with van der Waals surface area (Å²) in [6, 6.07) is 19.0. The molecule has 0 radical (unpaired) electrons. The Morgan fingerprint density at radius 3 is 0.955 bits per heavy atom. The molecule has 0 aliphatic heterocycles. The van der Waals surface area contributed by atoms with Crippen LogP contribution in [-0.2, 0) is 33.2 Å². The van der Waals surface area contributed by atoms with Crippen LogP contribution in [0.5, 0.6) is 17.2 Å². The minimum Gasteiger partial charge on any atom is -0.455 e. The van der Waals surface area contributed by atoms with Crippen LogP contribution in [-0.4, -0.2) is 17.9 Å². The molecule has 0 aliphatic carbocycles. The van der Waals surface area contributed by atoms with Gasteiger partial charge in [0, 0.05) is 18.2 Å². The molecule has 11 heteroatoms. The van der Waals surface area contributed by atoms with Crippen molar-refractivity contribution in [3.8, 4) is 17.2 Å². The lowest BCUT2D eigenvalue weighted by molar-refractivity contribution is -0.143. The van der Waals surface area contributed by atoms with Crippen LogP contribution in [0.2, 0.25) is 0 Å². The summed E-state index contributed by atoms with van der Waals surface area (Å²) in [4.78, 5) is 34.6. The first kappa shape index (κ1) is 33.4. The summed E-state index contributed by atoms with van der Waals surface area (Å²) >= 11 is 0. The number of carbonyl (C=O) groups is 3. The van der Waals surface area contributed by atoms with E-state index in [2.05, 4.69) is 19.7 Å². The molecule has 0 saturated carbocycles. The molecule has 10 nitrogen and oxygen atoms in total. The van der Waals surface area contributed by atoms with Gasteiger partial charge in [0.05, 0.1) is 0 Å². The Hall–Kier alpha value is -5.08.